The number of β-amino-alcohol motifs (C(OH)–C–C–N with tert-alkyl or cyclic N) is 1. The largest absolute Gasteiger partial charge is 0.395 e. The number of amides is 3. The van der Waals surface area contributed by atoms with Crippen LogP contribution in [0.2, 0.25) is 0 Å². The van der Waals surface area contributed by atoms with Crippen molar-refractivity contribution in [3.05, 3.63) is 71.8 Å². The number of aliphatic hydroxyl groups is 1. The molecule has 1 spiro atoms. The minimum Gasteiger partial charge on any atom is -0.395 e. The Kier molecular flexibility index (Phi) is 6.59. The van der Waals surface area contributed by atoms with Crippen LogP contribution in [-0.4, -0.2) is 56.9 Å². The number of benzene rings is 2. The van der Waals surface area contributed by atoms with Gasteiger partial charge in [0.1, 0.15) is 6.04 Å². The van der Waals surface area contributed by atoms with Crippen LogP contribution < -0.4 is 10.6 Å². The van der Waals surface area contributed by atoms with Gasteiger partial charge in [0, 0.05) is 24.9 Å². The molecule has 2 bridgehead atoms. The van der Waals surface area contributed by atoms with Gasteiger partial charge in [-0.05, 0) is 23.5 Å². The molecule has 0 saturated carbocycles. The van der Waals surface area contributed by atoms with Crippen LogP contribution in [0.15, 0.2) is 60.7 Å². The van der Waals surface area contributed by atoms with E-state index in [0.717, 1.165) is 17.5 Å². The number of aliphatic hydroxyl groups excluding tert-OH is 1. The first-order chi connectivity index (χ1) is 17.0. The van der Waals surface area contributed by atoms with Gasteiger partial charge < -0.3 is 20.6 Å². The number of hydrogen-bond donors (Lipinski definition) is 3. The molecule has 3 N–H and O–H groups in total. The first kappa shape index (κ1) is 23.9. The van der Waals surface area contributed by atoms with E-state index < -0.39 is 22.6 Å². The van der Waals surface area contributed by atoms with Crippen molar-refractivity contribution < 1.29 is 19.5 Å². The van der Waals surface area contributed by atoms with Crippen molar-refractivity contribution in [2.75, 3.05) is 13.2 Å². The molecule has 35 heavy (non-hydrogen) atoms. The maximum Gasteiger partial charge on any atom is 0.244 e. The zero-order valence-corrected chi connectivity index (χ0v) is 20.5. The zero-order valence-electron chi connectivity index (χ0n) is 19.7. The van der Waals surface area contributed by atoms with Gasteiger partial charge in [0.2, 0.25) is 17.7 Å². The van der Waals surface area contributed by atoms with E-state index in [4.69, 9.17) is 0 Å². The number of hydrogen-bond acceptors (Lipinski definition) is 5. The van der Waals surface area contributed by atoms with E-state index in [1.165, 1.54) is 4.90 Å². The Morgan fingerprint density at radius 2 is 1.57 bits per heavy atom. The lowest BCUT2D eigenvalue weighted by atomic mass is 9.66. The van der Waals surface area contributed by atoms with E-state index in [0.29, 0.717) is 13.1 Å². The molecule has 184 valence electrons. The van der Waals surface area contributed by atoms with E-state index in [1.807, 2.05) is 60.7 Å². The van der Waals surface area contributed by atoms with Gasteiger partial charge in [-0.2, -0.15) is 0 Å². The van der Waals surface area contributed by atoms with Crippen LogP contribution >= 0.6 is 11.8 Å². The van der Waals surface area contributed by atoms with Crippen molar-refractivity contribution in [1.29, 1.82) is 0 Å². The molecule has 0 aliphatic carbocycles. The Labute approximate surface area is 209 Å². The molecule has 8 heteroatoms. The van der Waals surface area contributed by atoms with Crippen LogP contribution in [0.1, 0.15) is 24.5 Å². The van der Waals surface area contributed by atoms with Crippen LogP contribution in [0.25, 0.3) is 0 Å². The highest BCUT2D eigenvalue weighted by Gasteiger charge is 2.75. The molecule has 6 atom stereocenters. The van der Waals surface area contributed by atoms with Gasteiger partial charge in [0.15, 0.2) is 0 Å². The molecule has 2 aromatic rings. The number of nitrogens with one attached hydrogen (secondary N) is 2. The fraction of sp³-hybridized carbons (Fsp3) is 0.444. The maximum atomic E-state index is 13.7. The third-order valence-corrected chi connectivity index (χ3v) is 9.83. The quantitative estimate of drug-likeness (QED) is 0.522. The number of likely N-dealkylation sites (tertiary alicyclic amines) is 1. The topological polar surface area (TPSA) is 98.7 Å². The van der Waals surface area contributed by atoms with Gasteiger partial charge in [-0.1, -0.05) is 67.6 Å². The SMILES string of the molecule is CC1C[C@@H]2SC13C(C(=O)NCc1ccccc1)N(CCO)C(=O)[C@@H]3[C@@H]2C(=O)NCc1ccccc1. The predicted molar refractivity (Wildman–Crippen MR) is 134 cm³/mol. The molecule has 3 amide bonds. The van der Waals surface area contributed by atoms with Crippen molar-refractivity contribution in [2.24, 2.45) is 17.8 Å². The Morgan fingerprint density at radius 3 is 2.14 bits per heavy atom. The van der Waals surface area contributed by atoms with Gasteiger partial charge in [0.05, 0.1) is 23.2 Å². The normalized spacial score (nSPS) is 30.9. The van der Waals surface area contributed by atoms with E-state index >= 15 is 0 Å². The van der Waals surface area contributed by atoms with Gasteiger partial charge in [0.25, 0.3) is 0 Å². The summed E-state index contributed by atoms with van der Waals surface area (Å²) in [6, 6.07) is 18.6. The fourth-order valence-corrected chi connectivity index (χ4v) is 8.67. The summed E-state index contributed by atoms with van der Waals surface area (Å²) in [4.78, 5) is 42.3. The third-order valence-electron chi connectivity index (χ3n) is 7.76. The average molecular weight is 494 g/mol. The number of rotatable bonds is 8. The Hall–Kier alpha value is -2.84. The molecule has 7 nitrogen and oxygen atoms in total. The highest BCUT2D eigenvalue weighted by Crippen LogP contribution is 2.68. The minimum atomic E-state index is -0.715. The molecule has 3 heterocycles. The Morgan fingerprint density at radius 1 is 1.00 bits per heavy atom. The molecule has 3 fully saturated rings. The van der Waals surface area contributed by atoms with E-state index in [1.54, 1.807) is 11.8 Å². The highest BCUT2D eigenvalue weighted by molar-refractivity contribution is 8.02. The monoisotopic (exact) mass is 493 g/mol. The van der Waals surface area contributed by atoms with Crippen molar-refractivity contribution in [3.8, 4) is 0 Å². The van der Waals surface area contributed by atoms with E-state index in [9.17, 15) is 19.5 Å². The first-order valence-corrected chi connectivity index (χ1v) is 13.1. The van der Waals surface area contributed by atoms with Gasteiger partial charge in [-0.3, -0.25) is 14.4 Å². The average Bonchev–Trinajstić information content (AvgIpc) is 3.46. The second kappa shape index (κ2) is 9.66. The van der Waals surface area contributed by atoms with Crippen LogP contribution in [0, 0.1) is 17.8 Å². The van der Waals surface area contributed by atoms with Crippen molar-refractivity contribution in [1.82, 2.24) is 15.5 Å². The lowest BCUT2D eigenvalue weighted by Crippen LogP contribution is -2.56. The second-order valence-electron chi connectivity index (χ2n) is 9.71. The van der Waals surface area contributed by atoms with Crippen molar-refractivity contribution in [2.45, 2.75) is 42.5 Å². The standard InChI is InChI=1S/C27H31N3O4S/c1-17-14-20-21(24(32)28-15-18-8-4-2-5-9-18)22-26(34)30(12-13-31)23(27(17,22)35-20)25(33)29-16-19-10-6-3-7-11-19/h2-11,17,20-23,31H,12-16H2,1H3,(H,28,32)(H,29,33)/t17?,20-,21+,22-,23?,27?/m0/s1. The summed E-state index contributed by atoms with van der Waals surface area (Å²) in [6.07, 6.45) is 0.785. The zero-order chi connectivity index (χ0) is 24.6. The summed E-state index contributed by atoms with van der Waals surface area (Å²) in [7, 11) is 0. The number of carbonyl (C=O) groups excluding carboxylic acids is 3. The molecule has 2 aromatic carbocycles. The number of fused-ring (bicyclic) bond motifs is 1. The smallest absolute Gasteiger partial charge is 0.244 e. The second-order valence-corrected chi connectivity index (χ2v) is 11.3. The number of thioether (sulfide) groups is 1. The van der Waals surface area contributed by atoms with Crippen LogP contribution in [0.3, 0.4) is 0 Å². The molecule has 3 unspecified atom stereocenters. The molecule has 0 aromatic heterocycles. The third kappa shape index (κ3) is 4.02. The Bertz CT molecular complexity index is 1100. The summed E-state index contributed by atoms with van der Waals surface area (Å²) in [5.41, 5.74) is 1.97. The number of nitrogens with zero attached hydrogens (tertiary/aromatic N) is 1. The first-order valence-electron chi connectivity index (χ1n) is 12.2. The lowest BCUT2D eigenvalue weighted by Gasteiger charge is -2.38. The maximum absolute atomic E-state index is 13.7. The number of carbonyl (C=O) groups is 3. The molecule has 3 aliphatic heterocycles. The Balaban J connectivity index is 1.40. The van der Waals surface area contributed by atoms with Gasteiger partial charge in [-0.15, -0.1) is 11.8 Å². The molecule has 3 saturated heterocycles. The van der Waals surface area contributed by atoms with Gasteiger partial charge in [-0.25, -0.2) is 0 Å². The molecule has 5 rings (SSSR count). The molecule has 0 radical (unpaired) electrons. The summed E-state index contributed by atoms with van der Waals surface area (Å²) < 4.78 is -0.674. The summed E-state index contributed by atoms with van der Waals surface area (Å²) in [5, 5.41) is 15.8. The van der Waals surface area contributed by atoms with Crippen LogP contribution in [-0.2, 0) is 27.5 Å². The van der Waals surface area contributed by atoms with E-state index in [2.05, 4.69) is 17.6 Å². The minimum absolute atomic E-state index is 0.00424. The fourth-order valence-electron chi connectivity index (χ4n) is 6.25. The molecular formula is C27H31N3O4S. The molecule has 3 aliphatic rings. The van der Waals surface area contributed by atoms with E-state index in [-0.39, 0.29) is 42.0 Å². The van der Waals surface area contributed by atoms with Gasteiger partial charge >= 0.3 is 0 Å². The highest BCUT2D eigenvalue weighted by atomic mass is 32.2. The summed E-state index contributed by atoms with van der Waals surface area (Å²) >= 11 is 1.64. The lowest BCUT2D eigenvalue weighted by molar-refractivity contribution is -0.140. The van der Waals surface area contributed by atoms with Crippen LogP contribution in [0.5, 0.6) is 0 Å². The summed E-state index contributed by atoms with van der Waals surface area (Å²) in [6.45, 7) is 2.70. The molecular weight excluding hydrogens is 462 g/mol. The summed E-state index contributed by atoms with van der Waals surface area (Å²) in [5.74, 6) is -1.51. The van der Waals surface area contributed by atoms with Crippen LogP contribution in [0.4, 0.5) is 0 Å². The van der Waals surface area contributed by atoms with Crippen molar-refractivity contribution >= 4 is 29.5 Å². The predicted octanol–water partition coefficient (Wildman–Crippen LogP) is 1.95. The van der Waals surface area contributed by atoms with Crippen molar-refractivity contribution in [3.63, 3.8) is 0 Å².